The second-order valence-corrected chi connectivity index (χ2v) is 5.95. The fourth-order valence-electron chi connectivity index (χ4n) is 2.71. The fourth-order valence-corrected chi connectivity index (χ4v) is 3.95. The predicted molar refractivity (Wildman–Crippen MR) is 75.7 cm³/mol. The first-order valence-electron chi connectivity index (χ1n) is 6.15. The van der Waals surface area contributed by atoms with Crippen molar-refractivity contribution >= 4 is 22.7 Å². The van der Waals surface area contributed by atoms with Crippen LogP contribution in [0, 0.1) is 6.92 Å². The van der Waals surface area contributed by atoms with Crippen LogP contribution in [0.5, 0.6) is 0 Å². The first kappa shape index (κ1) is 11.2. The van der Waals surface area contributed by atoms with Crippen molar-refractivity contribution < 1.29 is 0 Å². The lowest BCUT2D eigenvalue weighted by Gasteiger charge is -2.23. The third-order valence-electron chi connectivity index (χ3n) is 3.70. The van der Waals surface area contributed by atoms with Gasteiger partial charge in [0.2, 0.25) is 0 Å². The molecule has 2 heterocycles. The first-order valence-corrected chi connectivity index (χ1v) is 7.20. The zero-order valence-electron chi connectivity index (χ0n) is 10.4. The Bertz CT molecular complexity index is 538. The summed E-state index contributed by atoms with van der Waals surface area (Å²) in [5.41, 5.74) is 4.29. The molecule has 0 spiro atoms. The third kappa shape index (κ3) is 1.78. The molecule has 1 fully saturated rings. The van der Waals surface area contributed by atoms with Crippen molar-refractivity contribution in [3.63, 3.8) is 0 Å². The van der Waals surface area contributed by atoms with Crippen LogP contribution in [0.4, 0.5) is 0 Å². The summed E-state index contributed by atoms with van der Waals surface area (Å²) in [7, 11) is 2.17. The summed E-state index contributed by atoms with van der Waals surface area (Å²) in [6.07, 6.45) is 0. The van der Waals surface area contributed by atoms with Crippen LogP contribution in [-0.4, -0.2) is 23.4 Å². The van der Waals surface area contributed by atoms with Gasteiger partial charge in [-0.05, 0) is 18.6 Å². The highest BCUT2D eigenvalue weighted by atomic mass is 32.2. The summed E-state index contributed by atoms with van der Waals surface area (Å²) in [4.78, 5) is 0. The SMILES string of the molecule is Cc1c(C2CNCCS2)c2ccccc2n1C. The van der Waals surface area contributed by atoms with Crippen LogP contribution in [-0.2, 0) is 7.05 Å². The van der Waals surface area contributed by atoms with Gasteiger partial charge in [-0.1, -0.05) is 18.2 Å². The number of nitrogens with zero attached hydrogens (tertiary/aromatic N) is 1. The maximum absolute atomic E-state index is 3.50. The number of fused-ring (bicyclic) bond motifs is 1. The molecule has 0 radical (unpaired) electrons. The molecule has 1 N–H and O–H groups in total. The summed E-state index contributed by atoms with van der Waals surface area (Å²) in [5.74, 6) is 1.22. The predicted octanol–water partition coefficient (Wildman–Crippen LogP) is 2.86. The molecule has 1 atom stereocenters. The van der Waals surface area contributed by atoms with Gasteiger partial charge in [0.05, 0.1) is 0 Å². The molecule has 0 saturated carbocycles. The molecule has 1 unspecified atom stereocenters. The highest BCUT2D eigenvalue weighted by Gasteiger charge is 2.22. The summed E-state index contributed by atoms with van der Waals surface area (Å²) in [6.45, 7) is 4.48. The second-order valence-electron chi connectivity index (χ2n) is 4.64. The Hall–Kier alpha value is -0.930. The Morgan fingerprint density at radius 3 is 2.94 bits per heavy atom. The molecule has 1 aromatic carbocycles. The zero-order chi connectivity index (χ0) is 11.8. The molecule has 2 nitrogen and oxygen atoms in total. The summed E-state index contributed by atoms with van der Waals surface area (Å²) < 4.78 is 2.32. The highest BCUT2D eigenvalue weighted by molar-refractivity contribution is 7.99. The van der Waals surface area contributed by atoms with Gasteiger partial charge in [0.15, 0.2) is 0 Å². The molecular formula is C14H18N2S. The Balaban J connectivity index is 2.17. The molecule has 2 aromatic rings. The highest BCUT2D eigenvalue weighted by Crippen LogP contribution is 2.38. The lowest BCUT2D eigenvalue weighted by Crippen LogP contribution is -2.28. The number of nitrogens with one attached hydrogen (secondary N) is 1. The minimum Gasteiger partial charge on any atom is -0.348 e. The van der Waals surface area contributed by atoms with E-state index in [-0.39, 0.29) is 0 Å². The molecular weight excluding hydrogens is 228 g/mol. The molecule has 17 heavy (non-hydrogen) atoms. The van der Waals surface area contributed by atoms with Crippen molar-refractivity contribution in [2.24, 2.45) is 7.05 Å². The number of para-hydroxylation sites is 1. The molecule has 1 aliphatic heterocycles. The fraction of sp³-hybridized carbons (Fsp3) is 0.429. The van der Waals surface area contributed by atoms with Crippen LogP contribution >= 0.6 is 11.8 Å². The molecule has 3 rings (SSSR count). The van der Waals surface area contributed by atoms with Crippen LogP contribution in [0.25, 0.3) is 10.9 Å². The maximum atomic E-state index is 3.50. The average Bonchev–Trinajstić information content (AvgIpc) is 2.64. The lowest BCUT2D eigenvalue weighted by molar-refractivity contribution is 0.687. The number of thioether (sulfide) groups is 1. The maximum Gasteiger partial charge on any atom is 0.0483 e. The van der Waals surface area contributed by atoms with Gasteiger partial charge in [-0.3, -0.25) is 0 Å². The first-order chi connectivity index (χ1) is 8.29. The van der Waals surface area contributed by atoms with Gasteiger partial charge in [-0.15, -0.1) is 0 Å². The number of rotatable bonds is 1. The molecule has 1 aromatic heterocycles. The van der Waals surface area contributed by atoms with E-state index in [9.17, 15) is 0 Å². The van der Waals surface area contributed by atoms with Crippen molar-refractivity contribution in [1.29, 1.82) is 0 Å². The number of aryl methyl sites for hydroxylation is 1. The Kier molecular flexibility index (Phi) is 2.89. The number of hydrogen-bond donors (Lipinski definition) is 1. The summed E-state index contributed by atoms with van der Waals surface area (Å²) in [6, 6.07) is 8.74. The van der Waals surface area contributed by atoms with Gasteiger partial charge in [-0.2, -0.15) is 11.8 Å². The standard InChI is InChI=1S/C14H18N2S/c1-10-14(13-9-15-7-8-17-13)11-5-3-4-6-12(11)16(10)2/h3-6,13,15H,7-9H2,1-2H3. The van der Waals surface area contributed by atoms with Crippen molar-refractivity contribution in [2.45, 2.75) is 12.2 Å². The van der Waals surface area contributed by atoms with Crippen molar-refractivity contribution in [3.05, 3.63) is 35.5 Å². The van der Waals surface area contributed by atoms with E-state index in [4.69, 9.17) is 0 Å². The van der Waals surface area contributed by atoms with E-state index >= 15 is 0 Å². The van der Waals surface area contributed by atoms with Crippen LogP contribution in [0.1, 0.15) is 16.5 Å². The van der Waals surface area contributed by atoms with Crippen molar-refractivity contribution in [1.82, 2.24) is 9.88 Å². The van der Waals surface area contributed by atoms with Gasteiger partial charge in [0.25, 0.3) is 0 Å². The van der Waals surface area contributed by atoms with Crippen LogP contribution in [0.2, 0.25) is 0 Å². The zero-order valence-corrected chi connectivity index (χ0v) is 11.2. The third-order valence-corrected chi connectivity index (χ3v) is 4.94. The quantitative estimate of drug-likeness (QED) is 0.833. The Morgan fingerprint density at radius 2 is 2.18 bits per heavy atom. The summed E-state index contributed by atoms with van der Waals surface area (Å²) in [5, 5.41) is 5.54. The van der Waals surface area contributed by atoms with Crippen LogP contribution in [0.15, 0.2) is 24.3 Å². The molecule has 0 amide bonds. The van der Waals surface area contributed by atoms with Crippen molar-refractivity contribution in [2.75, 3.05) is 18.8 Å². The molecule has 3 heteroatoms. The lowest BCUT2D eigenvalue weighted by atomic mass is 10.1. The van der Waals surface area contributed by atoms with E-state index in [0.717, 1.165) is 13.1 Å². The van der Waals surface area contributed by atoms with Gasteiger partial charge in [0.1, 0.15) is 0 Å². The number of benzene rings is 1. The average molecular weight is 246 g/mol. The van der Waals surface area contributed by atoms with Crippen LogP contribution in [0.3, 0.4) is 0 Å². The van der Waals surface area contributed by atoms with Crippen LogP contribution < -0.4 is 5.32 Å². The topological polar surface area (TPSA) is 17.0 Å². The Labute approximate surface area is 106 Å². The van der Waals surface area contributed by atoms with E-state index in [0.29, 0.717) is 5.25 Å². The molecule has 90 valence electrons. The molecule has 0 bridgehead atoms. The molecule has 1 saturated heterocycles. The second kappa shape index (κ2) is 4.39. The molecule has 0 aliphatic carbocycles. The summed E-state index contributed by atoms with van der Waals surface area (Å²) >= 11 is 2.08. The molecule has 1 aliphatic rings. The smallest absolute Gasteiger partial charge is 0.0483 e. The van der Waals surface area contributed by atoms with E-state index in [1.54, 1.807) is 0 Å². The van der Waals surface area contributed by atoms with E-state index in [2.05, 4.69) is 59.9 Å². The van der Waals surface area contributed by atoms with Gasteiger partial charge < -0.3 is 9.88 Å². The van der Waals surface area contributed by atoms with E-state index in [1.165, 1.54) is 27.9 Å². The van der Waals surface area contributed by atoms with Crippen molar-refractivity contribution in [3.8, 4) is 0 Å². The monoisotopic (exact) mass is 246 g/mol. The minimum atomic E-state index is 0.606. The van der Waals surface area contributed by atoms with Gasteiger partial charge in [0, 0.05) is 47.7 Å². The normalized spacial score (nSPS) is 20.9. The van der Waals surface area contributed by atoms with Gasteiger partial charge >= 0.3 is 0 Å². The number of hydrogen-bond acceptors (Lipinski definition) is 2. The van der Waals surface area contributed by atoms with E-state index in [1.807, 2.05) is 0 Å². The minimum absolute atomic E-state index is 0.606. The Morgan fingerprint density at radius 1 is 1.35 bits per heavy atom. The number of aromatic nitrogens is 1. The van der Waals surface area contributed by atoms with E-state index < -0.39 is 0 Å². The van der Waals surface area contributed by atoms with Gasteiger partial charge in [-0.25, -0.2) is 0 Å². The largest absolute Gasteiger partial charge is 0.348 e.